The number of piperidine rings is 1. The fourth-order valence-electron chi connectivity index (χ4n) is 6.45. The quantitative estimate of drug-likeness (QED) is 0.392. The molecule has 4 fully saturated rings. The zero-order chi connectivity index (χ0) is 31.6. The lowest BCUT2D eigenvalue weighted by molar-refractivity contribution is -0.221. The fourth-order valence-corrected chi connectivity index (χ4v) is 6.45. The van der Waals surface area contributed by atoms with E-state index in [1.807, 2.05) is 13.8 Å². The Morgan fingerprint density at radius 2 is 1.76 bits per heavy atom. The SMILES string of the molecule is CC(C)(C)C(NC(=O)OCC(C)(C)C(F)(F)F)C(=O)N1CC2C(C1C(=O)NC(C#N)CC1CC3(CC3)NC1=O)C2(C)C. The second-order valence-corrected chi connectivity index (χ2v) is 14.9. The van der Waals surface area contributed by atoms with Gasteiger partial charge < -0.3 is 25.6 Å². The van der Waals surface area contributed by atoms with Gasteiger partial charge in [-0.25, -0.2) is 4.79 Å². The van der Waals surface area contributed by atoms with E-state index < -0.39 is 59.6 Å². The number of hydrogen-bond acceptors (Lipinski definition) is 6. The summed E-state index contributed by atoms with van der Waals surface area (Å²) in [6.07, 6.45) is -3.15. The summed E-state index contributed by atoms with van der Waals surface area (Å²) in [7, 11) is 0. The maximum absolute atomic E-state index is 13.9. The van der Waals surface area contributed by atoms with Crippen molar-refractivity contribution in [2.45, 2.75) is 104 Å². The van der Waals surface area contributed by atoms with Gasteiger partial charge in [0.05, 0.1) is 11.5 Å². The van der Waals surface area contributed by atoms with E-state index in [4.69, 9.17) is 4.74 Å². The molecule has 13 heteroatoms. The molecule has 3 N–H and O–H groups in total. The van der Waals surface area contributed by atoms with Gasteiger partial charge in [-0.15, -0.1) is 0 Å². The average Bonchev–Trinajstić information content (AvgIpc) is 3.58. The molecule has 10 nitrogen and oxygen atoms in total. The predicted molar refractivity (Wildman–Crippen MR) is 144 cm³/mol. The molecular formula is C29H42F3N5O5. The molecule has 0 bridgehead atoms. The van der Waals surface area contributed by atoms with E-state index in [1.165, 1.54) is 4.90 Å². The highest BCUT2D eigenvalue weighted by Crippen LogP contribution is 2.65. The molecule has 4 rings (SSSR count). The van der Waals surface area contributed by atoms with Crippen molar-refractivity contribution < 1.29 is 37.1 Å². The minimum atomic E-state index is -4.60. The summed E-state index contributed by atoms with van der Waals surface area (Å²) in [6.45, 7) is 10.2. The Hall–Kier alpha value is -3.04. The van der Waals surface area contributed by atoms with Crippen LogP contribution in [0.4, 0.5) is 18.0 Å². The van der Waals surface area contributed by atoms with Crippen molar-refractivity contribution in [2.75, 3.05) is 13.2 Å². The van der Waals surface area contributed by atoms with Gasteiger partial charge in [-0.2, -0.15) is 18.4 Å². The Morgan fingerprint density at radius 3 is 2.26 bits per heavy atom. The number of alkyl carbamates (subject to hydrolysis) is 1. The van der Waals surface area contributed by atoms with Crippen LogP contribution in [0.25, 0.3) is 0 Å². The molecule has 0 radical (unpaired) electrons. The van der Waals surface area contributed by atoms with Gasteiger partial charge in [0.15, 0.2) is 0 Å². The average molecular weight is 598 g/mol. The van der Waals surface area contributed by atoms with Crippen LogP contribution in [0.15, 0.2) is 0 Å². The highest BCUT2D eigenvalue weighted by atomic mass is 19.4. The summed E-state index contributed by atoms with van der Waals surface area (Å²) in [5.74, 6) is -1.72. The molecule has 0 aromatic carbocycles. The Balaban J connectivity index is 1.46. The van der Waals surface area contributed by atoms with Crippen LogP contribution in [0.1, 0.15) is 74.1 Å². The zero-order valence-electron chi connectivity index (χ0n) is 25.3. The topological polar surface area (TPSA) is 141 Å². The van der Waals surface area contributed by atoms with Gasteiger partial charge in [0.2, 0.25) is 17.7 Å². The molecule has 2 saturated carbocycles. The lowest BCUT2D eigenvalue weighted by atomic mass is 9.85. The molecular weight excluding hydrogens is 555 g/mol. The summed E-state index contributed by atoms with van der Waals surface area (Å²) >= 11 is 0. The standard InChI is InChI=1S/C29H42F3N5O5/c1-25(2,3)20(35-24(41)42-14-26(4,5)29(30,31)32)23(40)37-13-17-18(27(17,6)7)19(37)22(39)34-16(12-33)10-15-11-28(8-9-28)36-21(15)38/h15-20H,8-11,13-14H2,1-7H3,(H,34,39)(H,35,41)(H,36,38). The van der Waals surface area contributed by atoms with Crippen LogP contribution in [0.5, 0.6) is 0 Å². The van der Waals surface area contributed by atoms with Crippen LogP contribution in [0.3, 0.4) is 0 Å². The van der Waals surface area contributed by atoms with E-state index in [2.05, 4.69) is 22.0 Å². The monoisotopic (exact) mass is 597 g/mol. The van der Waals surface area contributed by atoms with Gasteiger partial charge >= 0.3 is 12.3 Å². The molecule has 6 unspecified atom stereocenters. The number of fused-ring (bicyclic) bond motifs is 1. The van der Waals surface area contributed by atoms with Gasteiger partial charge in [0.25, 0.3) is 0 Å². The molecule has 2 aliphatic carbocycles. The molecule has 2 aliphatic heterocycles. The third kappa shape index (κ3) is 6.04. The number of carbonyl (C=O) groups is 4. The molecule has 42 heavy (non-hydrogen) atoms. The number of nitrogens with zero attached hydrogens (tertiary/aromatic N) is 2. The normalized spacial score (nSPS) is 28.7. The van der Waals surface area contributed by atoms with E-state index in [-0.39, 0.29) is 47.6 Å². The highest BCUT2D eigenvalue weighted by molar-refractivity contribution is 5.93. The molecule has 6 atom stereocenters. The minimum absolute atomic E-state index is 0.0215. The van der Waals surface area contributed by atoms with Gasteiger partial charge in [0.1, 0.15) is 24.7 Å². The van der Waals surface area contributed by atoms with Crippen molar-refractivity contribution in [3.63, 3.8) is 0 Å². The van der Waals surface area contributed by atoms with Crippen molar-refractivity contribution >= 4 is 23.8 Å². The van der Waals surface area contributed by atoms with Crippen molar-refractivity contribution in [1.29, 1.82) is 5.26 Å². The Labute approximate surface area is 244 Å². The molecule has 234 valence electrons. The molecule has 0 aromatic heterocycles. The number of likely N-dealkylation sites (tertiary alicyclic amines) is 1. The molecule has 4 aliphatic rings. The summed E-state index contributed by atoms with van der Waals surface area (Å²) in [6, 6.07) is -0.947. The second-order valence-electron chi connectivity index (χ2n) is 14.9. The number of alkyl halides is 3. The molecule has 0 aromatic rings. The molecule has 2 saturated heterocycles. The second kappa shape index (κ2) is 10.3. The number of rotatable bonds is 8. The fraction of sp³-hybridized carbons (Fsp3) is 0.828. The van der Waals surface area contributed by atoms with Crippen LogP contribution >= 0.6 is 0 Å². The number of amides is 4. The summed E-state index contributed by atoms with van der Waals surface area (Å²) in [4.78, 5) is 54.0. The number of ether oxygens (including phenoxy) is 1. The lowest BCUT2D eigenvalue weighted by Crippen LogP contribution is -2.60. The Kier molecular flexibility index (Phi) is 7.82. The first-order chi connectivity index (χ1) is 19.1. The lowest BCUT2D eigenvalue weighted by Gasteiger charge is -2.37. The van der Waals surface area contributed by atoms with Crippen LogP contribution < -0.4 is 16.0 Å². The van der Waals surface area contributed by atoms with Crippen LogP contribution in [0, 0.1) is 45.3 Å². The number of halogens is 3. The summed E-state index contributed by atoms with van der Waals surface area (Å²) < 4.78 is 44.6. The van der Waals surface area contributed by atoms with Crippen LogP contribution in [-0.2, 0) is 19.1 Å². The highest BCUT2D eigenvalue weighted by Gasteiger charge is 2.70. The summed E-state index contributed by atoms with van der Waals surface area (Å²) in [5.41, 5.74) is -3.54. The molecule has 2 heterocycles. The third-order valence-corrected chi connectivity index (χ3v) is 9.71. The number of carbonyl (C=O) groups excluding carboxylic acids is 4. The van der Waals surface area contributed by atoms with Gasteiger partial charge in [-0.1, -0.05) is 34.6 Å². The largest absolute Gasteiger partial charge is 0.449 e. The Bertz CT molecular complexity index is 1180. The minimum Gasteiger partial charge on any atom is -0.449 e. The van der Waals surface area contributed by atoms with E-state index in [0.29, 0.717) is 6.42 Å². The van der Waals surface area contributed by atoms with Gasteiger partial charge in [-0.05, 0) is 62.2 Å². The van der Waals surface area contributed by atoms with Crippen LogP contribution in [-0.4, -0.2) is 71.7 Å². The zero-order valence-corrected chi connectivity index (χ0v) is 25.3. The first-order valence-electron chi connectivity index (χ1n) is 14.5. The molecule has 4 amide bonds. The van der Waals surface area contributed by atoms with Crippen molar-refractivity contribution in [1.82, 2.24) is 20.9 Å². The van der Waals surface area contributed by atoms with Gasteiger partial charge in [0, 0.05) is 18.0 Å². The van der Waals surface area contributed by atoms with Crippen molar-refractivity contribution in [3.8, 4) is 6.07 Å². The third-order valence-electron chi connectivity index (χ3n) is 9.71. The van der Waals surface area contributed by atoms with Crippen LogP contribution in [0.2, 0.25) is 0 Å². The number of hydrogen-bond donors (Lipinski definition) is 3. The van der Waals surface area contributed by atoms with E-state index in [0.717, 1.165) is 26.7 Å². The maximum Gasteiger partial charge on any atom is 0.407 e. The van der Waals surface area contributed by atoms with Crippen molar-refractivity contribution in [3.05, 3.63) is 0 Å². The van der Waals surface area contributed by atoms with E-state index in [9.17, 15) is 37.6 Å². The summed E-state index contributed by atoms with van der Waals surface area (Å²) in [5, 5.41) is 18.0. The first-order valence-corrected chi connectivity index (χ1v) is 14.5. The molecule has 1 spiro atoms. The number of nitriles is 1. The smallest absolute Gasteiger partial charge is 0.407 e. The Morgan fingerprint density at radius 1 is 1.14 bits per heavy atom. The number of nitrogens with one attached hydrogen (secondary N) is 3. The first kappa shape index (κ1) is 31.9. The van der Waals surface area contributed by atoms with Gasteiger partial charge in [-0.3, -0.25) is 14.4 Å². The predicted octanol–water partition coefficient (Wildman–Crippen LogP) is 3.27. The maximum atomic E-state index is 13.9. The van der Waals surface area contributed by atoms with E-state index in [1.54, 1.807) is 20.8 Å². The van der Waals surface area contributed by atoms with Crippen molar-refractivity contribution in [2.24, 2.45) is 34.0 Å². The van der Waals surface area contributed by atoms with E-state index >= 15 is 0 Å².